The molecule has 2 aromatic heterocycles. The highest BCUT2D eigenvalue weighted by molar-refractivity contribution is 5.99. The third kappa shape index (κ3) is 4.13. The van der Waals surface area contributed by atoms with E-state index in [1.165, 1.54) is 6.33 Å². The number of allylic oxidation sites excluding steroid dienone is 3. The molecule has 0 aromatic carbocycles. The second kappa shape index (κ2) is 8.54. The number of anilines is 2. The number of aliphatic hydroxyl groups excluding tert-OH is 1. The van der Waals surface area contributed by atoms with E-state index in [1.807, 2.05) is 17.9 Å². The Morgan fingerprint density at radius 1 is 1.30 bits per heavy atom. The van der Waals surface area contributed by atoms with Crippen LogP contribution in [-0.4, -0.2) is 61.6 Å². The van der Waals surface area contributed by atoms with Gasteiger partial charge in [-0.1, -0.05) is 6.08 Å². The summed E-state index contributed by atoms with van der Waals surface area (Å²) in [4.78, 5) is 31.5. The summed E-state index contributed by atoms with van der Waals surface area (Å²) >= 11 is 0. The Bertz CT molecular complexity index is 990. The normalized spacial score (nSPS) is 22.5. The summed E-state index contributed by atoms with van der Waals surface area (Å²) < 4.78 is 0. The lowest BCUT2D eigenvalue weighted by molar-refractivity contribution is -0.115. The Balaban J connectivity index is 1.62. The van der Waals surface area contributed by atoms with Gasteiger partial charge in [0.2, 0.25) is 5.91 Å². The maximum absolute atomic E-state index is 12.2. The molecule has 1 saturated carbocycles. The van der Waals surface area contributed by atoms with Crippen molar-refractivity contribution in [2.75, 3.05) is 16.8 Å². The van der Waals surface area contributed by atoms with Gasteiger partial charge in [-0.05, 0) is 51.0 Å². The number of amides is 1. The van der Waals surface area contributed by atoms with E-state index in [9.17, 15) is 9.90 Å². The number of fused-ring (bicyclic) bond motifs is 1. The molecular formula is C20H24N8O2. The second-order valence-electron chi connectivity index (χ2n) is 7.45. The summed E-state index contributed by atoms with van der Waals surface area (Å²) in [5, 5.41) is 19.3. The van der Waals surface area contributed by atoms with Gasteiger partial charge in [0.05, 0.1) is 24.5 Å². The topological polar surface area (TPSA) is 132 Å². The van der Waals surface area contributed by atoms with Crippen LogP contribution in [0.5, 0.6) is 0 Å². The molecule has 0 bridgehead atoms. The molecule has 156 valence electrons. The first kappa shape index (κ1) is 19.9. The van der Waals surface area contributed by atoms with Crippen molar-refractivity contribution in [1.29, 1.82) is 0 Å². The minimum Gasteiger partial charge on any atom is -0.393 e. The largest absolute Gasteiger partial charge is 0.393 e. The predicted molar refractivity (Wildman–Crippen MR) is 114 cm³/mol. The number of nitrogens with zero attached hydrogens (tertiary/aromatic N) is 6. The molecular weight excluding hydrogens is 384 g/mol. The van der Waals surface area contributed by atoms with Crippen LogP contribution >= 0.6 is 0 Å². The van der Waals surface area contributed by atoms with Gasteiger partial charge >= 0.3 is 0 Å². The fourth-order valence-corrected chi connectivity index (χ4v) is 3.75. The number of carbonyl (C=O) groups is 1. The van der Waals surface area contributed by atoms with Crippen LogP contribution in [0.4, 0.5) is 11.6 Å². The van der Waals surface area contributed by atoms with Crippen molar-refractivity contribution in [3.8, 4) is 0 Å². The number of nitrogens with one attached hydrogen (secondary N) is 2. The summed E-state index contributed by atoms with van der Waals surface area (Å²) in [6, 6.07) is 0.161. The average molecular weight is 408 g/mol. The zero-order valence-electron chi connectivity index (χ0n) is 16.7. The summed E-state index contributed by atoms with van der Waals surface area (Å²) in [6.45, 7) is 5.73. The van der Waals surface area contributed by atoms with Gasteiger partial charge in [0.1, 0.15) is 12.0 Å². The number of hydrogen-bond donors (Lipinski definition) is 3. The van der Waals surface area contributed by atoms with Crippen LogP contribution in [0.2, 0.25) is 0 Å². The van der Waals surface area contributed by atoms with E-state index in [-0.39, 0.29) is 24.6 Å². The van der Waals surface area contributed by atoms with Crippen molar-refractivity contribution in [2.24, 2.45) is 4.99 Å². The lowest BCUT2D eigenvalue weighted by atomic mass is 9.91. The maximum Gasteiger partial charge on any atom is 0.245 e. The molecule has 2 aliphatic rings. The molecule has 0 radical (unpaired) electrons. The van der Waals surface area contributed by atoms with Crippen molar-refractivity contribution < 1.29 is 9.90 Å². The predicted octanol–water partition coefficient (Wildman–Crippen LogP) is 1.80. The molecule has 3 N–H and O–H groups in total. The molecule has 1 aliphatic heterocycles. The van der Waals surface area contributed by atoms with Gasteiger partial charge in [-0.2, -0.15) is 5.10 Å². The molecule has 30 heavy (non-hydrogen) atoms. The third-order valence-electron chi connectivity index (χ3n) is 5.41. The molecule has 4 rings (SSSR count). The summed E-state index contributed by atoms with van der Waals surface area (Å²) in [5.74, 6) is 1.50. The number of aromatic amines is 1. The Morgan fingerprint density at radius 3 is 2.80 bits per heavy atom. The van der Waals surface area contributed by atoms with Gasteiger partial charge < -0.3 is 15.3 Å². The quantitative estimate of drug-likeness (QED) is 0.507. The Hall–Kier alpha value is -3.40. The number of aliphatic hydroxyl groups is 1. The minimum atomic E-state index is -0.259. The van der Waals surface area contributed by atoms with E-state index in [0.29, 0.717) is 28.9 Å². The molecule has 10 heteroatoms. The molecule has 1 amide bonds. The van der Waals surface area contributed by atoms with Crippen molar-refractivity contribution in [3.05, 3.63) is 36.2 Å². The Kier molecular flexibility index (Phi) is 5.66. The minimum absolute atomic E-state index is 0.0981. The first-order valence-corrected chi connectivity index (χ1v) is 9.88. The van der Waals surface area contributed by atoms with Crippen molar-refractivity contribution in [2.45, 2.75) is 44.8 Å². The fourth-order valence-electron chi connectivity index (χ4n) is 3.75. The van der Waals surface area contributed by atoms with E-state index in [2.05, 4.69) is 37.2 Å². The van der Waals surface area contributed by atoms with Gasteiger partial charge in [0.25, 0.3) is 0 Å². The van der Waals surface area contributed by atoms with Crippen LogP contribution in [-0.2, 0) is 4.79 Å². The van der Waals surface area contributed by atoms with Crippen molar-refractivity contribution >= 4 is 35.5 Å². The number of aliphatic imine (C=N–C) groups is 1. The number of aromatic nitrogens is 5. The van der Waals surface area contributed by atoms with Crippen molar-refractivity contribution in [3.63, 3.8) is 0 Å². The van der Waals surface area contributed by atoms with E-state index in [4.69, 9.17) is 4.98 Å². The molecule has 3 heterocycles. The lowest BCUT2D eigenvalue weighted by Gasteiger charge is -2.38. The summed E-state index contributed by atoms with van der Waals surface area (Å²) in [7, 11) is 0. The van der Waals surface area contributed by atoms with Crippen LogP contribution < -0.4 is 10.2 Å². The van der Waals surface area contributed by atoms with E-state index >= 15 is 0 Å². The zero-order chi connectivity index (χ0) is 21.1. The Morgan fingerprint density at radius 2 is 2.10 bits per heavy atom. The first-order valence-electron chi connectivity index (χ1n) is 9.88. The standard InChI is InChI=1S/C20H24N8O2/c1-12(3-8-15(21-2)18-23-11-24-27-18)16-9-22-19-20(25-16)28(10-17(30)26-19)13-4-6-14(29)7-5-13/h3,8-9,11,13-14,29H,2,4-7,10H2,1H3,(H,22,26,30)(H,23,24,27)/b12-3+,15-8-/t13-,14-. The lowest BCUT2D eigenvalue weighted by Crippen LogP contribution is -2.47. The molecule has 0 atom stereocenters. The number of H-pyrrole nitrogens is 1. The van der Waals surface area contributed by atoms with Gasteiger partial charge in [0.15, 0.2) is 17.5 Å². The monoisotopic (exact) mass is 408 g/mol. The highest BCUT2D eigenvalue weighted by Gasteiger charge is 2.32. The second-order valence-corrected chi connectivity index (χ2v) is 7.45. The molecule has 0 unspecified atom stereocenters. The van der Waals surface area contributed by atoms with Crippen LogP contribution in [0.25, 0.3) is 11.3 Å². The van der Waals surface area contributed by atoms with Crippen LogP contribution in [0.3, 0.4) is 0 Å². The maximum atomic E-state index is 12.2. The molecule has 1 fully saturated rings. The molecule has 1 aliphatic carbocycles. The highest BCUT2D eigenvalue weighted by Crippen LogP contribution is 2.33. The zero-order valence-corrected chi connectivity index (χ0v) is 16.7. The van der Waals surface area contributed by atoms with Gasteiger partial charge in [-0.3, -0.25) is 14.9 Å². The van der Waals surface area contributed by atoms with Crippen LogP contribution in [0, 0.1) is 0 Å². The van der Waals surface area contributed by atoms with Crippen LogP contribution in [0.1, 0.15) is 44.1 Å². The molecule has 2 aromatic rings. The SMILES string of the molecule is C=N/C(=C\C=C(/C)c1cnc2c(n1)N([C@H]1CC[C@H](O)CC1)CC(=O)N2)c1nc[nH]n1. The molecule has 0 spiro atoms. The first-order chi connectivity index (χ1) is 14.5. The number of hydrogen-bond acceptors (Lipinski definition) is 8. The van der Waals surface area contributed by atoms with Gasteiger partial charge in [-0.15, -0.1) is 0 Å². The van der Waals surface area contributed by atoms with E-state index < -0.39 is 0 Å². The molecule has 0 saturated heterocycles. The Labute approximate surface area is 173 Å². The summed E-state index contributed by atoms with van der Waals surface area (Å²) in [5.41, 5.74) is 2.11. The van der Waals surface area contributed by atoms with Crippen LogP contribution in [0.15, 0.2) is 29.7 Å². The number of carbonyl (C=O) groups excluding carboxylic acids is 1. The highest BCUT2D eigenvalue weighted by atomic mass is 16.3. The fraction of sp³-hybridized carbons (Fsp3) is 0.400. The smallest absolute Gasteiger partial charge is 0.245 e. The van der Waals surface area contributed by atoms with Gasteiger partial charge in [0, 0.05) is 6.04 Å². The van der Waals surface area contributed by atoms with Gasteiger partial charge in [-0.25, -0.2) is 15.0 Å². The number of rotatable bonds is 5. The average Bonchev–Trinajstić information content (AvgIpc) is 3.28. The van der Waals surface area contributed by atoms with E-state index in [1.54, 1.807) is 12.3 Å². The third-order valence-corrected chi connectivity index (χ3v) is 5.41. The van der Waals surface area contributed by atoms with E-state index in [0.717, 1.165) is 31.3 Å². The molecule has 10 nitrogen and oxygen atoms in total. The van der Waals surface area contributed by atoms with Crippen molar-refractivity contribution in [1.82, 2.24) is 25.1 Å². The summed E-state index contributed by atoms with van der Waals surface area (Å²) in [6.07, 6.45) is 9.60.